The zero-order valence-corrected chi connectivity index (χ0v) is 10.0. The molecule has 92 valence electrons. The highest BCUT2D eigenvalue weighted by Crippen LogP contribution is 2.08. The lowest BCUT2D eigenvalue weighted by Crippen LogP contribution is -2.27. The number of carboxylic acids is 1. The van der Waals surface area contributed by atoms with Gasteiger partial charge in [-0.3, -0.25) is 9.36 Å². The molecule has 0 fully saturated rings. The van der Waals surface area contributed by atoms with Crippen molar-refractivity contribution in [2.24, 2.45) is 0 Å². The Bertz CT molecular complexity index is 657. The van der Waals surface area contributed by atoms with Crippen LogP contribution in [0.2, 0.25) is 0 Å². The monoisotopic (exact) mass is 244 g/mol. The molecule has 0 aliphatic heterocycles. The highest BCUT2D eigenvalue weighted by molar-refractivity contribution is 5.88. The topological polar surface area (TPSA) is 72.2 Å². The molecule has 1 aromatic heterocycles. The fourth-order valence-corrected chi connectivity index (χ4v) is 1.67. The Morgan fingerprint density at radius 1 is 1.22 bits per heavy atom. The molecule has 5 nitrogen and oxygen atoms in total. The summed E-state index contributed by atoms with van der Waals surface area (Å²) < 4.78 is 1.23. The van der Waals surface area contributed by atoms with Gasteiger partial charge in [-0.1, -0.05) is 17.7 Å². The molecule has 5 heteroatoms. The van der Waals surface area contributed by atoms with Crippen LogP contribution < -0.4 is 5.56 Å². The molecule has 1 aromatic carbocycles. The summed E-state index contributed by atoms with van der Waals surface area (Å²) in [6.07, 6.45) is 1.34. The number of hydrogen-bond donors (Lipinski definition) is 1. The van der Waals surface area contributed by atoms with Crippen molar-refractivity contribution in [1.82, 2.24) is 9.55 Å². The number of aromatic nitrogens is 2. The number of carbonyl (C=O) groups is 1. The zero-order valence-electron chi connectivity index (χ0n) is 10.0. The normalized spacial score (nSPS) is 10.3. The van der Waals surface area contributed by atoms with Crippen LogP contribution in [0.4, 0.5) is 0 Å². The Hall–Kier alpha value is -2.43. The third kappa shape index (κ3) is 2.02. The van der Waals surface area contributed by atoms with Crippen LogP contribution in [0.25, 0.3) is 5.69 Å². The van der Waals surface area contributed by atoms with Crippen LogP contribution in [-0.2, 0) is 0 Å². The summed E-state index contributed by atoms with van der Waals surface area (Å²) in [5.74, 6) is -1.26. The molecule has 0 aliphatic carbocycles. The van der Waals surface area contributed by atoms with E-state index in [-0.39, 0.29) is 11.3 Å². The average Bonchev–Trinajstić information content (AvgIpc) is 2.30. The Morgan fingerprint density at radius 2 is 1.83 bits per heavy atom. The van der Waals surface area contributed by atoms with Crippen molar-refractivity contribution in [3.63, 3.8) is 0 Å². The minimum atomic E-state index is -1.26. The molecule has 2 aromatic rings. The van der Waals surface area contributed by atoms with E-state index < -0.39 is 11.5 Å². The molecule has 0 radical (unpaired) electrons. The zero-order chi connectivity index (χ0) is 13.3. The fraction of sp³-hybridized carbons (Fsp3) is 0.154. The molecule has 0 saturated heterocycles. The third-order valence-corrected chi connectivity index (χ3v) is 2.69. The summed E-state index contributed by atoms with van der Waals surface area (Å²) in [4.78, 5) is 27.0. The van der Waals surface area contributed by atoms with Gasteiger partial charge in [0, 0.05) is 0 Å². The van der Waals surface area contributed by atoms with Crippen LogP contribution in [0, 0.1) is 13.8 Å². The first-order chi connectivity index (χ1) is 8.50. The molecule has 18 heavy (non-hydrogen) atoms. The smallest absolute Gasteiger partial charge is 0.343 e. The van der Waals surface area contributed by atoms with Crippen molar-refractivity contribution in [2.75, 3.05) is 0 Å². The SMILES string of the molecule is Cc1ccc(-n2cnc(C)c(C(=O)O)c2=O)cc1. The van der Waals surface area contributed by atoms with E-state index in [1.54, 1.807) is 12.1 Å². The Morgan fingerprint density at radius 3 is 2.39 bits per heavy atom. The second-order valence-corrected chi connectivity index (χ2v) is 4.02. The first-order valence-corrected chi connectivity index (χ1v) is 5.39. The Kier molecular flexibility index (Phi) is 2.97. The van der Waals surface area contributed by atoms with E-state index in [2.05, 4.69) is 4.98 Å². The molecule has 0 spiro atoms. The Labute approximate surface area is 103 Å². The lowest BCUT2D eigenvalue weighted by atomic mass is 10.2. The average molecular weight is 244 g/mol. The lowest BCUT2D eigenvalue weighted by Gasteiger charge is -2.07. The summed E-state index contributed by atoms with van der Waals surface area (Å²) in [5, 5.41) is 9.01. The minimum absolute atomic E-state index is 0.218. The minimum Gasteiger partial charge on any atom is -0.477 e. The third-order valence-electron chi connectivity index (χ3n) is 2.69. The number of carboxylic acid groups (broad SMARTS) is 1. The van der Waals surface area contributed by atoms with Crippen molar-refractivity contribution in [1.29, 1.82) is 0 Å². The van der Waals surface area contributed by atoms with E-state index in [4.69, 9.17) is 5.11 Å². The van der Waals surface area contributed by atoms with E-state index in [0.29, 0.717) is 5.69 Å². The maximum atomic E-state index is 12.1. The van der Waals surface area contributed by atoms with E-state index in [1.165, 1.54) is 17.8 Å². The largest absolute Gasteiger partial charge is 0.477 e. The van der Waals surface area contributed by atoms with E-state index in [1.807, 2.05) is 19.1 Å². The molecule has 1 N–H and O–H groups in total. The van der Waals surface area contributed by atoms with Crippen molar-refractivity contribution in [3.8, 4) is 5.69 Å². The van der Waals surface area contributed by atoms with Gasteiger partial charge >= 0.3 is 5.97 Å². The molecular weight excluding hydrogens is 232 g/mol. The second kappa shape index (κ2) is 4.44. The number of nitrogens with zero attached hydrogens (tertiary/aromatic N) is 2. The standard InChI is InChI=1S/C13H12N2O3/c1-8-3-5-10(6-4-8)15-7-14-9(2)11(12(15)16)13(17)18/h3-7H,1-2H3,(H,17,18). The number of benzene rings is 1. The fourth-order valence-electron chi connectivity index (χ4n) is 1.67. The predicted octanol–water partition coefficient (Wildman–Crippen LogP) is 1.55. The van der Waals surface area contributed by atoms with Crippen LogP contribution in [0.15, 0.2) is 35.4 Å². The molecular formula is C13H12N2O3. The number of aryl methyl sites for hydroxylation is 2. The summed E-state index contributed by atoms with van der Waals surface area (Å²) in [6, 6.07) is 7.20. The van der Waals surface area contributed by atoms with Crippen LogP contribution in [0.5, 0.6) is 0 Å². The lowest BCUT2D eigenvalue weighted by molar-refractivity contribution is 0.0693. The van der Waals surface area contributed by atoms with Gasteiger partial charge in [-0.05, 0) is 26.0 Å². The number of hydrogen-bond acceptors (Lipinski definition) is 3. The summed E-state index contributed by atoms with van der Waals surface area (Å²) in [5.41, 5.74) is 1.01. The highest BCUT2D eigenvalue weighted by Gasteiger charge is 2.16. The van der Waals surface area contributed by atoms with E-state index >= 15 is 0 Å². The number of rotatable bonds is 2. The van der Waals surface area contributed by atoms with Gasteiger partial charge in [-0.25, -0.2) is 9.78 Å². The van der Waals surface area contributed by atoms with Gasteiger partial charge in [0.1, 0.15) is 11.9 Å². The first-order valence-electron chi connectivity index (χ1n) is 5.39. The van der Waals surface area contributed by atoms with Gasteiger partial charge in [0.2, 0.25) is 0 Å². The van der Waals surface area contributed by atoms with Gasteiger partial charge in [-0.2, -0.15) is 0 Å². The maximum Gasteiger partial charge on any atom is 0.343 e. The summed E-state index contributed by atoms with van der Waals surface area (Å²) >= 11 is 0. The molecule has 0 saturated carbocycles. The molecule has 0 bridgehead atoms. The van der Waals surface area contributed by atoms with Gasteiger partial charge in [0.25, 0.3) is 5.56 Å². The van der Waals surface area contributed by atoms with Crippen molar-refractivity contribution in [2.45, 2.75) is 13.8 Å². The maximum absolute atomic E-state index is 12.1. The van der Waals surface area contributed by atoms with Crippen LogP contribution in [0.1, 0.15) is 21.6 Å². The van der Waals surface area contributed by atoms with Crippen molar-refractivity contribution in [3.05, 3.63) is 57.8 Å². The van der Waals surface area contributed by atoms with Crippen molar-refractivity contribution >= 4 is 5.97 Å². The van der Waals surface area contributed by atoms with Crippen LogP contribution in [-0.4, -0.2) is 20.6 Å². The van der Waals surface area contributed by atoms with E-state index in [0.717, 1.165) is 5.56 Å². The Balaban J connectivity index is 2.67. The quantitative estimate of drug-likeness (QED) is 0.869. The second-order valence-electron chi connectivity index (χ2n) is 4.02. The summed E-state index contributed by atoms with van der Waals surface area (Å²) in [7, 11) is 0. The van der Waals surface area contributed by atoms with Gasteiger partial charge in [0.15, 0.2) is 0 Å². The van der Waals surface area contributed by atoms with Gasteiger partial charge in [-0.15, -0.1) is 0 Å². The van der Waals surface area contributed by atoms with Crippen LogP contribution in [0.3, 0.4) is 0 Å². The first kappa shape index (κ1) is 12.0. The molecule has 0 unspecified atom stereocenters. The molecule has 0 atom stereocenters. The molecule has 1 heterocycles. The molecule has 2 rings (SSSR count). The predicted molar refractivity (Wildman–Crippen MR) is 66.3 cm³/mol. The molecule has 0 amide bonds. The highest BCUT2D eigenvalue weighted by atomic mass is 16.4. The summed E-state index contributed by atoms with van der Waals surface area (Å²) in [6.45, 7) is 3.44. The van der Waals surface area contributed by atoms with Crippen molar-refractivity contribution < 1.29 is 9.90 Å². The molecule has 0 aliphatic rings. The van der Waals surface area contributed by atoms with Crippen LogP contribution >= 0.6 is 0 Å². The van der Waals surface area contributed by atoms with E-state index in [9.17, 15) is 9.59 Å². The van der Waals surface area contributed by atoms with Gasteiger partial charge < -0.3 is 5.11 Å². The van der Waals surface area contributed by atoms with Gasteiger partial charge in [0.05, 0.1) is 11.4 Å². The number of aromatic carboxylic acids is 1.